The van der Waals surface area contributed by atoms with Crippen LogP contribution < -0.4 is 15.5 Å². The number of nitrogens with one attached hydrogen (secondary N) is 2. The summed E-state index contributed by atoms with van der Waals surface area (Å²) in [5.41, 5.74) is 5.96. The zero-order valence-electron chi connectivity index (χ0n) is 20.1. The topological polar surface area (TPSA) is 62.2 Å². The summed E-state index contributed by atoms with van der Waals surface area (Å²) in [6, 6.07) is 13.6. The third kappa shape index (κ3) is 4.42. The number of hydrogen-bond acceptors (Lipinski definition) is 3. The molecule has 1 amide bonds. The number of carbonyl (C=O) groups is 1. The van der Waals surface area contributed by atoms with Crippen LogP contribution in [-0.4, -0.2) is 20.6 Å². The van der Waals surface area contributed by atoms with Gasteiger partial charge in [0.25, 0.3) is 0 Å². The molecule has 0 radical (unpaired) electrons. The van der Waals surface area contributed by atoms with Gasteiger partial charge in [0.2, 0.25) is 5.91 Å². The first kappa shape index (κ1) is 24.2. The molecule has 178 valence electrons. The van der Waals surface area contributed by atoms with Gasteiger partial charge in [0.15, 0.2) is 5.11 Å². The standard InChI is InChI=1S/C26H30ClN5OS/c1-6-31-16(4)13-19(17(31)5)24-23(22-9-7-8-12-28-22)30-26(34)32(24)18-10-11-21(20(27)14-18)29-25(33)15(2)3/h7-15,23-24H,6H2,1-5H3,(H,29,33)(H,30,34)/t23-,24+/m0/s1. The molecule has 0 spiro atoms. The maximum absolute atomic E-state index is 12.2. The van der Waals surface area contributed by atoms with Gasteiger partial charge < -0.3 is 20.1 Å². The van der Waals surface area contributed by atoms with Crippen LogP contribution in [0.2, 0.25) is 5.02 Å². The molecule has 1 aliphatic heterocycles. The van der Waals surface area contributed by atoms with Gasteiger partial charge in [-0.15, -0.1) is 0 Å². The fraction of sp³-hybridized carbons (Fsp3) is 0.346. The molecular weight excluding hydrogens is 466 g/mol. The quantitative estimate of drug-likeness (QED) is 0.414. The van der Waals surface area contributed by atoms with Crippen LogP contribution in [0.4, 0.5) is 11.4 Å². The summed E-state index contributed by atoms with van der Waals surface area (Å²) >= 11 is 12.4. The van der Waals surface area contributed by atoms with Crippen LogP contribution in [0.3, 0.4) is 0 Å². The first-order valence-corrected chi connectivity index (χ1v) is 12.3. The molecule has 1 saturated heterocycles. The number of aryl methyl sites for hydroxylation is 1. The molecule has 4 rings (SSSR count). The van der Waals surface area contributed by atoms with E-state index in [2.05, 4.69) is 51.9 Å². The summed E-state index contributed by atoms with van der Waals surface area (Å²) < 4.78 is 2.31. The number of benzene rings is 1. The van der Waals surface area contributed by atoms with E-state index in [1.54, 1.807) is 6.20 Å². The Bertz CT molecular complexity index is 1220. The fourth-order valence-electron chi connectivity index (χ4n) is 4.60. The maximum Gasteiger partial charge on any atom is 0.226 e. The highest BCUT2D eigenvalue weighted by atomic mass is 35.5. The largest absolute Gasteiger partial charge is 0.351 e. The van der Waals surface area contributed by atoms with Gasteiger partial charge in [-0.2, -0.15) is 0 Å². The minimum absolute atomic E-state index is 0.0758. The zero-order chi connectivity index (χ0) is 24.6. The van der Waals surface area contributed by atoms with Gasteiger partial charge in [0, 0.05) is 35.7 Å². The summed E-state index contributed by atoms with van der Waals surface area (Å²) in [5.74, 6) is -0.212. The monoisotopic (exact) mass is 495 g/mol. The van der Waals surface area contributed by atoms with Crippen molar-refractivity contribution in [3.8, 4) is 0 Å². The van der Waals surface area contributed by atoms with E-state index in [1.807, 2.05) is 50.2 Å². The van der Waals surface area contributed by atoms with Crippen LogP contribution >= 0.6 is 23.8 Å². The average Bonchev–Trinajstić information content (AvgIpc) is 3.30. The minimum Gasteiger partial charge on any atom is -0.351 e. The Morgan fingerprint density at radius 1 is 1.24 bits per heavy atom. The first-order chi connectivity index (χ1) is 16.2. The molecule has 2 atom stereocenters. The molecule has 0 unspecified atom stereocenters. The Kier molecular flexibility index (Phi) is 6.96. The molecule has 2 N–H and O–H groups in total. The fourth-order valence-corrected chi connectivity index (χ4v) is 5.16. The Balaban J connectivity index is 1.80. The lowest BCUT2D eigenvalue weighted by Crippen LogP contribution is -2.29. The van der Waals surface area contributed by atoms with E-state index in [0.717, 1.165) is 17.9 Å². The van der Waals surface area contributed by atoms with Gasteiger partial charge in [-0.25, -0.2) is 0 Å². The van der Waals surface area contributed by atoms with Crippen LogP contribution in [0.5, 0.6) is 0 Å². The lowest BCUT2D eigenvalue weighted by atomic mass is 9.96. The molecule has 0 bridgehead atoms. The Morgan fingerprint density at radius 3 is 2.59 bits per heavy atom. The maximum atomic E-state index is 12.2. The van der Waals surface area contributed by atoms with E-state index >= 15 is 0 Å². The van der Waals surface area contributed by atoms with Crippen LogP contribution in [0.1, 0.15) is 55.5 Å². The van der Waals surface area contributed by atoms with E-state index in [0.29, 0.717) is 15.8 Å². The number of rotatable bonds is 6. The van der Waals surface area contributed by atoms with Gasteiger partial charge in [-0.1, -0.05) is 31.5 Å². The second kappa shape index (κ2) is 9.76. The first-order valence-electron chi connectivity index (χ1n) is 11.5. The molecule has 34 heavy (non-hydrogen) atoms. The number of aromatic nitrogens is 2. The third-order valence-electron chi connectivity index (χ3n) is 6.36. The van der Waals surface area contributed by atoms with Crippen molar-refractivity contribution in [2.75, 3.05) is 10.2 Å². The summed E-state index contributed by atoms with van der Waals surface area (Å²) in [5, 5.41) is 7.46. The van der Waals surface area contributed by atoms with E-state index in [4.69, 9.17) is 23.8 Å². The van der Waals surface area contributed by atoms with Crippen molar-refractivity contribution in [3.63, 3.8) is 0 Å². The molecule has 6 nitrogen and oxygen atoms in total. The number of carbonyl (C=O) groups excluding carboxylic acids is 1. The summed E-state index contributed by atoms with van der Waals surface area (Å²) in [7, 11) is 0. The van der Waals surface area contributed by atoms with Crippen molar-refractivity contribution < 1.29 is 4.79 Å². The number of halogens is 1. The number of hydrogen-bond donors (Lipinski definition) is 2. The van der Waals surface area contributed by atoms with Crippen LogP contribution in [-0.2, 0) is 11.3 Å². The van der Waals surface area contributed by atoms with Gasteiger partial charge in [0.05, 0.1) is 28.5 Å². The second-order valence-corrected chi connectivity index (χ2v) is 9.67. The molecule has 1 fully saturated rings. The van der Waals surface area contributed by atoms with E-state index < -0.39 is 0 Å². The highest BCUT2D eigenvalue weighted by Crippen LogP contribution is 2.44. The van der Waals surface area contributed by atoms with Crippen LogP contribution in [0.15, 0.2) is 48.7 Å². The van der Waals surface area contributed by atoms with Gasteiger partial charge >= 0.3 is 0 Å². The number of thiocarbonyl (C=S) groups is 1. The third-order valence-corrected chi connectivity index (χ3v) is 6.99. The zero-order valence-corrected chi connectivity index (χ0v) is 21.7. The van der Waals surface area contributed by atoms with E-state index in [1.165, 1.54) is 17.0 Å². The Morgan fingerprint density at radius 2 is 2.00 bits per heavy atom. The second-order valence-electron chi connectivity index (χ2n) is 8.88. The van der Waals surface area contributed by atoms with Crippen molar-refractivity contribution in [3.05, 3.63) is 76.3 Å². The lowest BCUT2D eigenvalue weighted by Gasteiger charge is -2.28. The molecule has 3 aromatic rings. The Labute approximate surface area is 211 Å². The summed E-state index contributed by atoms with van der Waals surface area (Å²) in [6.07, 6.45) is 1.80. The molecule has 0 saturated carbocycles. The predicted octanol–water partition coefficient (Wildman–Crippen LogP) is 5.94. The van der Waals surface area contributed by atoms with Crippen molar-refractivity contribution >= 4 is 46.2 Å². The predicted molar refractivity (Wildman–Crippen MR) is 142 cm³/mol. The molecule has 1 aliphatic rings. The normalized spacial score (nSPS) is 17.9. The van der Waals surface area contributed by atoms with Gasteiger partial charge in [-0.3, -0.25) is 9.78 Å². The van der Waals surface area contributed by atoms with Gasteiger partial charge in [0.1, 0.15) is 0 Å². The Hall–Kier alpha value is -2.90. The number of nitrogens with zero attached hydrogens (tertiary/aromatic N) is 3. The lowest BCUT2D eigenvalue weighted by molar-refractivity contribution is -0.118. The number of amides is 1. The van der Waals surface area contributed by atoms with Crippen molar-refractivity contribution in [1.82, 2.24) is 14.9 Å². The molecule has 0 aliphatic carbocycles. The minimum atomic E-state index is -0.136. The highest BCUT2D eigenvalue weighted by molar-refractivity contribution is 7.80. The molecule has 8 heteroatoms. The number of pyridine rings is 1. The summed E-state index contributed by atoms with van der Waals surface area (Å²) in [6.45, 7) is 11.0. The van der Waals surface area contributed by atoms with Crippen molar-refractivity contribution in [2.45, 2.75) is 53.2 Å². The smallest absolute Gasteiger partial charge is 0.226 e. The summed E-state index contributed by atoms with van der Waals surface area (Å²) in [4.78, 5) is 18.9. The molecular formula is C26H30ClN5OS. The van der Waals surface area contributed by atoms with Crippen LogP contribution in [0.25, 0.3) is 0 Å². The van der Waals surface area contributed by atoms with E-state index in [9.17, 15) is 4.79 Å². The molecule has 3 heterocycles. The van der Waals surface area contributed by atoms with E-state index in [-0.39, 0.29) is 23.9 Å². The molecule has 1 aromatic carbocycles. The van der Waals surface area contributed by atoms with Crippen molar-refractivity contribution in [1.29, 1.82) is 0 Å². The number of anilines is 2. The SMILES string of the molecule is CCn1c(C)cc([C@@H]2[C@H](c3ccccn3)NC(=S)N2c2ccc(NC(=O)C(C)C)c(Cl)c2)c1C. The van der Waals surface area contributed by atoms with Crippen LogP contribution in [0, 0.1) is 19.8 Å². The average molecular weight is 496 g/mol. The van der Waals surface area contributed by atoms with Crippen molar-refractivity contribution in [2.24, 2.45) is 5.92 Å². The molecule has 2 aromatic heterocycles. The van der Waals surface area contributed by atoms with Gasteiger partial charge in [-0.05, 0) is 75.0 Å². The highest BCUT2D eigenvalue weighted by Gasteiger charge is 2.42.